The molecule has 0 radical (unpaired) electrons. The lowest BCUT2D eigenvalue weighted by atomic mass is 9.91. The molecular weight excluding hydrogens is 340 g/mol. The molecule has 1 aliphatic carbocycles. The molecule has 2 heteroatoms. The lowest BCUT2D eigenvalue weighted by Gasteiger charge is -2.17. The number of hydrogen-bond acceptors (Lipinski definition) is 0. The first-order valence-electron chi connectivity index (χ1n) is 5.92. The third-order valence-electron chi connectivity index (χ3n) is 3.98. The van der Waals surface area contributed by atoms with E-state index in [1.54, 1.807) is 0 Å². The van der Waals surface area contributed by atoms with Crippen LogP contribution in [0.2, 0.25) is 0 Å². The third-order valence-corrected chi connectivity index (χ3v) is 5.76. The molecule has 1 aliphatic rings. The van der Waals surface area contributed by atoms with Gasteiger partial charge in [-0.05, 0) is 28.7 Å². The lowest BCUT2D eigenvalue weighted by Crippen LogP contribution is -2.13. The zero-order chi connectivity index (χ0) is 11.9. The van der Waals surface area contributed by atoms with E-state index in [2.05, 4.69) is 74.3 Å². The molecule has 2 aromatic rings. The average Bonchev–Trinajstić information content (AvgIpc) is 3.13. The summed E-state index contributed by atoms with van der Waals surface area (Å²) in [5.41, 5.74) is 1.86. The van der Waals surface area contributed by atoms with Crippen LogP contribution in [-0.2, 0) is 5.41 Å². The van der Waals surface area contributed by atoms with E-state index >= 15 is 0 Å². The molecule has 1 unspecified atom stereocenters. The summed E-state index contributed by atoms with van der Waals surface area (Å²) in [5.74, 6) is 0.771. The predicted octanol–water partition coefficient (Wildman–Crippen LogP) is 4.89. The second-order valence-corrected chi connectivity index (χ2v) is 6.08. The number of rotatable bonds is 3. The number of hydrogen-bond donors (Lipinski definition) is 0. The van der Waals surface area contributed by atoms with Crippen molar-refractivity contribution in [3.05, 3.63) is 48.0 Å². The van der Waals surface area contributed by atoms with E-state index in [9.17, 15) is 0 Å². The van der Waals surface area contributed by atoms with Gasteiger partial charge in [0.05, 0.1) is 0 Å². The van der Waals surface area contributed by atoms with Gasteiger partial charge in [-0.1, -0.05) is 74.3 Å². The van der Waals surface area contributed by atoms with E-state index < -0.39 is 0 Å². The van der Waals surface area contributed by atoms with Gasteiger partial charge in [0.2, 0.25) is 0 Å². The Hall–Kier alpha value is -0.340. The highest BCUT2D eigenvalue weighted by atomic mass is 79.9. The van der Waals surface area contributed by atoms with Gasteiger partial charge in [0.15, 0.2) is 0 Å². The quantitative estimate of drug-likeness (QED) is 0.689. The fourth-order valence-corrected chi connectivity index (χ4v) is 4.65. The highest BCUT2D eigenvalue weighted by Crippen LogP contribution is 2.57. The summed E-state index contributed by atoms with van der Waals surface area (Å²) in [5, 5.41) is 4.93. The first kappa shape index (κ1) is 11.7. The SMILES string of the molecule is BrCC1C[C@@]1(CBr)c1cccc2ccccc12. The fourth-order valence-electron chi connectivity index (χ4n) is 2.81. The van der Waals surface area contributed by atoms with Crippen LogP contribution in [0.25, 0.3) is 10.8 Å². The van der Waals surface area contributed by atoms with Crippen LogP contribution in [-0.4, -0.2) is 10.7 Å². The van der Waals surface area contributed by atoms with Gasteiger partial charge in [-0.15, -0.1) is 0 Å². The molecule has 1 fully saturated rings. The van der Waals surface area contributed by atoms with Crippen molar-refractivity contribution < 1.29 is 0 Å². The Bertz CT molecular complexity index is 544. The Morgan fingerprint density at radius 1 is 1.06 bits per heavy atom. The highest BCUT2D eigenvalue weighted by molar-refractivity contribution is 9.09. The minimum absolute atomic E-state index is 0.352. The van der Waals surface area contributed by atoms with Crippen LogP contribution < -0.4 is 0 Å². The zero-order valence-electron chi connectivity index (χ0n) is 9.50. The molecule has 0 nitrogen and oxygen atoms in total. The summed E-state index contributed by atoms with van der Waals surface area (Å²) >= 11 is 7.35. The molecule has 2 aromatic carbocycles. The van der Waals surface area contributed by atoms with Crippen molar-refractivity contribution in [1.82, 2.24) is 0 Å². The van der Waals surface area contributed by atoms with E-state index in [0.29, 0.717) is 5.41 Å². The molecule has 0 aliphatic heterocycles. The summed E-state index contributed by atoms with van der Waals surface area (Å²) in [4.78, 5) is 0. The summed E-state index contributed by atoms with van der Waals surface area (Å²) in [6.07, 6.45) is 1.29. The summed E-state index contributed by atoms with van der Waals surface area (Å²) in [6.45, 7) is 0. The van der Waals surface area contributed by atoms with Crippen LogP contribution in [0, 0.1) is 5.92 Å². The second-order valence-electron chi connectivity index (χ2n) is 4.87. The van der Waals surface area contributed by atoms with Crippen LogP contribution >= 0.6 is 31.9 Å². The summed E-state index contributed by atoms with van der Waals surface area (Å²) in [6, 6.07) is 15.4. The molecule has 0 spiro atoms. The average molecular weight is 354 g/mol. The normalized spacial score (nSPS) is 27.3. The maximum atomic E-state index is 3.72. The van der Waals surface area contributed by atoms with Crippen LogP contribution in [0.5, 0.6) is 0 Å². The Morgan fingerprint density at radius 2 is 1.82 bits per heavy atom. The van der Waals surface area contributed by atoms with E-state index in [0.717, 1.165) is 16.6 Å². The Labute approximate surface area is 119 Å². The van der Waals surface area contributed by atoms with Gasteiger partial charge in [-0.2, -0.15) is 0 Å². The lowest BCUT2D eigenvalue weighted by molar-refractivity contribution is 0.734. The van der Waals surface area contributed by atoms with Gasteiger partial charge >= 0.3 is 0 Å². The topological polar surface area (TPSA) is 0 Å². The zero-order valence-corrected chi connectivity index (χ0v) is 12.7. The summed E-state index contributed by atoms with van der Waals surface area (Å²) in [7, 11) is 0. The van der Waals surface area contributed by atoms with Crippen LogP contribution in [0.3, 0.4) is 0 Å². The molecule has 0 bridgehead atoms. The molecule has 0 amide bonds. The van der Waals surface area contributed by atoms with Crippen molar-refractivity contribution >= 4 is 42.6 Å². The molecule has 2 atom stereocenters. The van der Waals surface area contributed by atoms with Crippen LogP contribution in [0.15, 0.2) is 42.5 Å². The molecule has 1 saturated carbocycles. The van der Waals surface area contributed by atoms with Crippen molar-refractivity contribution in [3.63, 3.8) is 0 Å². The van der Waals surface area contributed by atoms with Crippen LogP contribution in [0.1, 0.15) is 12.0 Å². The monoisotopic (exact) mass is 352 g/mol. The maximum Gasteiger partial charge on any atom is 0.0132 e. The standard InChI is InChI=1S/C15H14Br2/c16-9-12-8-15(12,10-17)14-7-3-5-11-4-1-2-6-13(11)14/h1-7,12H,8-10H2/t12?,15-/m0/s1. The molecule has 88 valence electrons. The second kappa shape index (κ2) is 4.40. The largest absolute Gasteiger partial charge is 0.0925 e. The molecule has 0 N–H and O–H groups in total. The van der Waals surface area contributed by atoms with Crippen molar-refractivity contribution in [2.45, 2.75) is 11.8 Å². The van der Waals surface area contributed by atoms with Gasteiger partial charge in [-0.25, -0.2) is 0 Å². The number of fused-ring (bicyclic) bond motifs is 1. The van der Waals surface area contributed by atoms with Crippen molar-refractivity contribution in [1.29, 1.82) is 0 Å². The summed E-state index contributed by atoms with van der Waals surface area (Å²) < 4.78 is 0. The smallest absolute Gasteiger partial charge is 0.0132 e. The Morgan fingerprint density at radius 3 is 2.53 bits per heavy atom. The van der Waals surface area contributed by atoms with Crippen molar-refractivity contribution in [2.24, 2.45) is 5.92 Å². The maximum absolute atomic E-state index is 3.72. The predicted molar refractivity (Wildman–Crippen MR) is 81.3 cm³/mol. The number of benzene rings is 2. The van der Waals surface area contributed by atoms with Gasteiger partial charge < -0.3 is 0 Å². The first-order chi connectivity index (χ1) is 8.31. The number of halogens is 2. The van der Waals surface area contributed by atoms with Crippen molar-refractivity contribution in [2.75, 3.05) is 10.7 Å². The van der Waals surface area contributed by atoms with Gasteiger partial charge in [0.25, 0.3) is 0 Å². The molecule has 0 saturated heterocycles. The minimum atomic E-state index is 0.352. The molecule has 17 heavy (non-hydrogen) atoms. The van der Waals surface area contributed by atoms with E-state index in [4.69, 9.17) is 0 Å². The first-order valence-corrected chi connectivity index (χ1v) is 8.16. The third kappa shape index (κ3) is 1.77. The molecule has 0 heterocycles. The van der Waals surface area contributed by atoms with Gasteiger partial charge in [-0.3, -0.25) is 0 Å². The number of alkyl halides is 2. The molecule has 3 rings (SSSR count). The van der Waals surface area contributed by atoms with Crippen LogP contribution in [0.4, 0.5) is 0 Å². The van der Waals surface area contributed by atoms with E-state index in [1.807, 2.05) is 0 Å². The van der Waals surface area contributed by atoms with Gasteiger partial charge in [0.1, 0.15) is 0 Å². The van der Waals surface area contributed by atoms with E-state index in [-0.39, 0.29) is 0 Å². The Balaban J connectivity index is 2.18. The highest BCUT2D eigenvalue weighted by Gasteiger charge is 2.54. The molecule has 0 aromatic heterocycles. The van der Waals surface area contributed by atoms with Gasteiger partial charge in [0, 0.05) is 16.1 Å². The fraction of sp³-hybridized carbons (Fsp3) is 0.333. The Kier molecular flexibility index (Phi) is 3.04. The minimum Gasteiger partial charge on any atom is -0.0925 e. The van der Waals surface area contributed by atoms with E-state index in [1.165, 1.54) is 22.8 Å². The molecular formula is C15H14Br2. The van der Waals surface area contributed by atoms with Crippen molar-refractivity contribution in [3.8, 4) is 0 Å².